The summed E-state index contributed by atoms with van der Waals surface area (Å²) in [7, 11) is 1.00. The fourth-order valence-electron chi connectivity index (χ4n) is 21.5. The van der Waals surface area contributed by atoms with Crippen LogP contribution in [-0.2, 0) is 62.2 Å². The summed E-state index contributed by atoms with van der Waals surface area (Å²) in [6.07, 6.45) is 32.4. The molecule has 0 amide bonds. The first-order valence-corrected chi connectivity index (χ1v) is 36.6. The number of ether oxygens (including phenoxy) is 3. The van der Waals surface area contributed by atoms with E-state index in [0.29, 0.717) is 33.9 Å². The Labute approximate surface area is 591 Å². The van der Waals surface area contributed by atoms with Crippen molar-refractivity contribution in [3.8, 4) is 0 Å². The van der Waals surface area contributed by atoms with Crippen molar-refractivity contribution in [1.82, 2.24) is 15.0 Å². The molecule has 0 unspecified atom stereocenters. The van der Waals surface area contributed by atoms with E-state index in [2.05, 4.69) is 90.0 Å². The number of allylic oxidation sites excluding steroid dienone is 6. The Balaban J connectivity index is 0.000000176. The van der Waals surface area contributed by atoms with Gasteiger partial charge in [0.2, 0.25) is 0 Å². The first-order chi connectivity index (χ1) is 42.9. The number of Topliss-reactive ketones (excluding diaryl/α,β-unsaturated/α-hetero) is 1. The molecule has 19 heteroatoms. The minimum absolute atomic E-state index is 0. The number of carbonyl (C=O) groups is 6. The van der Waals surface area contributed by atoms with Gasteiger partial charge in [0.15, 0.2) is 0 Å². The van der Waals surface area contributed by atoms with Gasteiger partial charge in [-0.2, -0.15) is 0 Å². The fraction of sp³-hybridized carbons (Fsp3) is 0.716. The number of nitrogens with zero attached hydrogens (tertiary/aromatic N) is 3. The van der Waals surface area contributed by atoms with Crippen LogP contribution in [0.1, 0.15) is 240 Å². The molecule has 2 N–H and O–H groups in total. The minimum Gasteiger partial charge on any atom is -1.00 e. The van der Waals surface area contributed by atoms with Crippen molar-refractivity contribution in [3.63, 3.8) is 0 Å². The second kappa shape index (κ2) is 29.1. The number of fused-ring (bicyclic) bond motifs is 21. The van der Waals surface area contributed by atoms with Crippen LogP contribution in [0.5, 0.6) is 0 Å². The third-order valence-electron chi connectivity index (χ3n) is 25.6. The standard InChI is InChI=1S/C23H31NO2S.C21H29NOS.C21H27NOS.2C4H6O3.CH4O.B.Na.H/c1-13-24-19-10-12-22(3)17-9-11-23(4)16(7-8-20(23)26-14(2)25)15(17)5-6-18(22)21(19)27-13;2*1-12-22-17-9-11-20(2)15-8-10-21(3)14(6-7-18(21)23)13(15)4-5-16(20)19(17)24-12;2*1-3(5)7-4(2)6;1-2;;;/h6,15-17,20H,5,7-12H2,1-4H3;5,13-15,18,23H,4,6-11H2,1-3H3;5,13-15H,4,6-11H2,1-3H3;2*1-2H3;2H,1H3;;;/q;;;;;;;+1;-1/t15-,16-,17-,20-,22+,23-;13-,14-,15-,18-,20+,21-;13-,14-,15-,20+,21-;;;;;;/m000....../s1. The Hall–Kier alpha value is -3.49. The average molecular weight is 1340 g/mol. The molecule has 3 radical (unpaired) electrons. The molecule has 0 aromatic carbocycles. The van der Waals surface area contributed by atoms with Gasteiger partial charge in [-0.25, -0.2) is 15.0 Å². The van der Waals surface area contributed by atoms with Crippen molar-refractivity contribution in [2.45, 2.75) is 244 Å². The van der Waals surface area contributed by atoms with Crippen molar-refractivity contribution in [2.75, 3.05) is 7.11 Å². The van der Waals surface area contributed by atoms with Gasteiger partial charge < -0.3 is 25.9 Å². The number of rotatable bonds is 1. The molecule has 12 aliphatic rings. The molecule has 17 atom stereocenters. The molecule has 6 saturated carbocycles. The molecule has 3 heterocycles. The summed E-state index contributed by atoms with van der Waals surface area (Å²) in [6, 6.07) is 0. The van der Waals surface area contributed by atoms with Crippen LogP contribution >= 0.6 is 34.0 Å². The van der Waals surface area contributed by atoms with E-state index >= 15 is 0 Å². The Kier molecular flexibility index (Phi) is 23.6. The van der Waals surface area contributed by atoms with Crippen LogP contribution in [0.2, 0.25) is 0 Å². The van der Waals surface area contributed by atoms with Crippen LogP contribution in [0.4, 0.5) is 0 Å². The van der Waals surface area contributed by atoms with Gasteiger partial charge in [0, 0.05) is 67.4 Å². The molecular weight excluding hydrogens is 1240 g/mol. The van der Waals surface area contributed by atoms with E-state index in [1.807, 2.05) is 34.0 Å². The molecule has 12 aliphatic carbocycles. The molecule has 14 nitrogen and oxygen atoms in total. The van der Waals surface area contributed by atoms with Gasteiger partial charge in [-0.3, -0.25) is 28.8 Å². The number of thiazole rings is 3. The molecule has 0 saturated heterocycles. The quantitative estimate of drug-likeness (QED) is 0.101. The zero-order chi connectivity index (χ0) is 66.1. The molecule has 0 aliphatic heterocycles. The Morgan fingerprint density at radius 1 is 0.462 bits per heavy atom. The van der Waals surface area contributed by atoms with E-state index in [9.17, 15) is 33.9 Å². The Morgan fingerprint density at radius 2 is 0.806 bits per heavy atom. The van der Waals surface area contributed by atoms with E-state index in [-0.39, 0.29) is 73.8 Å². The van der Waals surface area contributed by atoms with E-state index in [1.165, 1.54) is 158 Å². The van der Waals surface area contributed by atoms with Gasteiger partial charge in [0.25, 0.3) is 0 Å². The van der Waals surface area contributed by atoms with Crippen molar-refractivity contribution in [3.05, 3.63) is 65.0 Å². The number of aliphatic hydroxyl groups is 2. The summed E-state index contributed by atoms with van der Waals surface area (Å²) in [4.78, 5) is 82.2. The summed E-state index contributed by atoms with van der Waals surface area (Å²) < 4.78 is 13.7. The minimum atomic E-state index is -0.562. The molecule has 503 valence electrons. The van der Waals surface area contributed by atoms with E-state index in [4.69, 9.17) is 24.8 Å². The van der Waals surface area contributed by atoms with Crippen LogP contribution in [-0.4, -0.2) is 88.5 Å². The van der Waals surface area contributed by atoms with Crippen molar-refractivity contribution in [2.24, 2.45) is 85.8 Å². The van der Waals surface area contributed by atoms with Crippen molar-refractivity contribution < 1.29 is 84.2 Å². The van der Waals surface area contributed by atoms with Crippen LogP contribution in [0.15, 0.2) is 18.2 Å². The number of hydrogen-bond donors (Lipinski definition) is 2. The molecule has 3 aromatic heterocycles. The normalized spacial score (nSPS) is 36.8. The molecule has 3 aromatic rings. The number of carbonyl (C=O) groups excluding carboxylic acids is 6. The van der Waals surface area contributed by atoms with Gasteiger partial charge in [0.05, 0.1) is 52.8 Å². The third-order valence-corrected chi connectivity index (χ3v) is 28.8. The maximum atomic E-state index is 12.5. The molecule has 15 rings (SSSR count). The number of aliphatic hydroxyl groups excluding tert-OH is 2. The molecule has 6 fully saturated rings. The van der Waals surface area contributed by atoms with Gasteiger partial charge in [-0.15, -0.1) is 34.0 Å². The van der Waals surface area contributed by atoms with Crippen LogP contribution in [0.3, 0.4) is 0 Å². The second-order valence-electron chi connectivity index (χ2n) is 30.4. The van der Waals surface area contributed by atoms with Crippen LogP contribution < -0.4 is 29.6 Å². The number of ketones is 1. The van der Waals surface area contributed by atoms with Gasteiger partial charge in [0.1, 0.15) is 11.9 Å². The van der Waals surface area contributed by atoms with E-state index < -0.39 is 23.9 Å². The topological polar surface area (TPSA) is 209 Å². The smallest absolute Gasteiger partial charge is 1.00 e. The summed E-state index contributed by atoms with van der Waals surface area (Å²) in [5.74, 6) is 4.82. The maximum Gasteiger partial charge on any atom is 1.00 e. The zero-order valence-electron chi connectivity index (χ0n) is 59.6. The zero-order valence-corrected chi connectivity index (χ0v) is 63.1. The van der Waals surface area contributed by atoms with Crippen LogP contribution in [0.25, 0.3) is 16.7 Å². The Morgan fingerprint density at radius 3 is 1.18 bits per heavy atom. The average Bonchev–Trinajstić information content (AvgIpc) is 1.36. The van der Waals surface area contributed by atoms with Crippen molar-refractivity contribution >= 4 is 94.8 Å². The van der Waals surface area contributed by atoms with Gasteiger partial charge in [-0.05, 0) is 241 Å². The number of esters is 5. The van der Waals surface area contributed by atoms with Gasteiger partial charge in [-0.1, -0.05) is 59.8 Å². The number of aromatic nitrogens is 3. The predicted molar refractivity (Wildman–Crippen MR) is 365 cm³/mol. The second-order valence-corrected chi connectivity index (χ2v) is 34.0. The summed E-state index contributed by atoms with van der Waals surface area (Å²) in [6.45, 7) is 27.4. The predicted octanol–water partition coefficient (Wildman–Crippen LogP) is 12.3. The molecule has 0 bridgehead atoms. The van der Waals surface area contributed by atoms with Crippen LogP contribution in [0, 0.1) is 107 Å². The van der Waals surface area contributed by atoms with Gasteiger partial charge >= 0.3 is 59.4 Å². The Bertz CT molecular complexity index is 3380. The summed E-state index contributed by atoms with van der Waals surface area (Å²) in [5.41, 5.74) is 10.2. The number of aryl methyl sites for hydroxylation is 6. The molecule has 0 spiro atoms. The first-order valence-electron chi connectivity index (χ1n) is 34.2. The largest absolute Gasteiger partial charge is 1.00 e. The first kappa shape index (κ1) is 75.3. The third kappa shape index (κ3) is 13.9. The van der Waals surface area contributed by atoms with E-state index in [0.717, 1.165) is 99.9 Å². The van der Waals surface area contributed by atoms with E-state index in [1.54, 1.807) is 23.6 Å². The SMILES string of the molecule is CC(=O)OC(C)=O.CC(=O)OC(C)=O.CC(=O)O[C@H]1CC[C@H]2[C@@H]3CC=C4c5sc(C)nc5CC[C@]4(C)[C@H]3CC[C@]12C.CO.Cc1nc2c(s1)C1=CC[C@@H]3[C@H](CC[C@]4(C)C(=O)CC[C@@H]34)[C@@]1(C)CC2.Cc1nc2c(s1)C1=CC[C@H]3[C@@H]4CC[C@H](O)[C@@]4(C)CC[C@@H]3[C@@]1(C)CC2.[B].[H-].[Na+]. The number of hydrogen-bond acceptors (Lipinski definition) is 17. The summed E-state index contributed by atoms with van der Waals surface area (Å²) >= 11 is 5.72. The fourth-order valence-corrected chi connectivity index (χ4v) is 24.9. The monoisotopic (exact) mass is 1340 g/mol. The maximum absolute atomic E-state index is 12.5. The van der Waals surface area contributed by atoms with Crippen molar-refractivity contribution in [1.29, 1.82) is 0 Å². The molecule has 93 heavy (non-hydrogen) atoms. The summed E-state index contributed by atoms with van der Waals surface area (Å²) in [5, 5.41) is 21.2. The molecular formula is C74H104BN3NaO11S3.